The SMILES string of the molecule is CCC(=O)NCc1c(C)c(CNC(=O)CCl)c(C)c(Nc2cc(S(=O)(=O)O)c(N)c3c2C(=O)c2ccccc2C3=O)c1C. The number of benzene rings is 3. The van der Waals surface area contributed by atoms with Crippen LogP contribution in [0.25, 0.3) is 0 Å². The highest BCUT2D eigenvalue weighted by molar-refractivity contribution is 7.86. The Kier molecular flexibility index (Phi) is 8.95. The zero-order valence-electron chi connectivity index (χ0n) is 24.0. The molecule has 226 valence electrons. The maximum atomic E-state index is 13.8. The Labute approximate surface area is 253 Å². The molecule has 0 bridgehead atoms. The van der Waals surface area contributed by atoms with Crippen molar-refractivity contribution in [2.75, 3.05) is 16.9 Å². The average Bonchev–Trinajstić information content (AvgIpc) is 2.97. The predicted molar refractivity (Wildman–Crippen MR) is 163 cm³/mol. The quantitative estimate of drug-likeness (QED) is 0.105. The number of nitrogens with two attached hydrogens (primary N) is 1. The molecule has 43 heavy (non-hydrogen) atoms. The van der Waals surface area contributed by atoms with E-state index in [2.05, 4.69) is 16.0 Å². The van der Waals surface area contributed by atoms with Crippen molar-refractivity contribution < 1.29 is 32.1 Å². The number of ketones is 2. The van der Waals surface area contributed by atoms with Gasteiger partial charge in [0.05, 0.1) is 22.5 Å². The van der Waals surface area contributed by atoms with Crippen LogP contribution in [0, 0.1) is 20.8 Å². The van der Waals surface area contributed by atoms with Gasteiger partial charge in [-0.3, -0.25) is 23.7 Å². The lowest BCUT2D eigenvalue weighted by molar-refractivity contribution is -0.121. The molecular formula is C30H31ClN4O7S. The molecule has 13 heteroatoms. The van der Waals surface area contributed by atoms with E-state index >= 15 is 0 Å². The predicted octanol–water partition coefficient (Wildman–Crippen LogP) is 3.84. The number of hydrogen-bond acceptors (Lipinski definition) is 8. The zero-order chi connectivity index (χ0) is 31.8. The van der Waals surface area contributed by atoms with Crippen LogP contribution in [0.5, 0.6) is 0 Å². The number of amides is 2. The summed E-state index contributed by atoms with van der Waals surface area (Å²) >= 11 is 5.68. The van der Waals surface area contributed by atoms with E-state index in [0.29, 0.717) is 22.4 Å². The number of nitrogen functional groups attached to an aromatic ring is 1. The molecule has 0 fully saturated rings. The molecule has 0 heterocycles. The van der Waals surface area contributed by atoms with E-state index in [9.17, 15) is 32.1 Å². The Morgan fingerprint density at radius 2 is 1.40 bits per heavy atom. The maximum Gasteiger partial charge on any atom is 0.296 e. The van der Waals surface area contributed by atoms with Gasteiger partial charge in [0.2, 0.25) is 11.8 Å². The fourth-order valence-corrected chi connectivity index (χ4v) is 6.07. The van der Waals surface area contributed by atoms with Crippen LogP contribution < -0.4 is 21.7 Å². The molecule has 0 saturated carbocycles. The zero-order valence-corrected chi connectivity index (χ0v) is 25.5. The molecule has 6 N–H and O–H groups in total. The van der Waals surface area contributed by atoms with Crippen molar-refractivity contribution in [1.82, 2.24) is 10.6 Å². The third-order valence-corrected chi connectivity index (χ3v) is 8.80. The minimum absolute atomic E-state index is 0.0547. The topological polar surface area (TPSA) is 185 Å². The van der Waals surface area contributed by atoms with E-state index in [1.54, 1.807) is 32.9 Å². The Bertz CT molecular complexity index is 1770. The van der Waals surface area contributed by atoms with E-state index in [4.69, 9.17) is 17.3 Å². The van der Waals surface area contributed by atoms with Crippen LogP contribution >= 0.6 is 11.6 Å². The Morgan fingerprint density at radius 3 is 1.88 bits per heavy atom. The van der Waals surface area contributed by atoms with Crippen LogP contribution in [0.4, 0.5) is 17.1 Å². The van der Waals surface area contributed by atoms with Crippen molar-refractivity contribution in [1.29, 1.82) is 0 Å². The van der Waals surface area contributed by atoms with Gasteiger partial charge in [-0.1, -0.05) is 31.2 Å². The highest BCUT2D eigenvalue weighted by atomic mass is 35.5. The van der Waals surface area contributed by atoms with E-state index in [1.165, 1.54) is 12.1 Å². The van der Waals surface area contributed by atoms with E-state index < -0.39 is 38.2 Å². The summed E-state index contributed by atoms with van der Waals surface area (Å²) in [5.74, 6) is -2.05. The molecule has 0 aliphatic heterocycles. The molecule has 0 saturated heterocycles. The van der Waals surface area contributed by atoms with Gasteiger partial charge >= 0.3 is 0 Å². The van der Waals surface area contributed by atoms with Crippen molar-refractivity contribution in [2.45, 2.75) is 52.1 Å². The Hall–Kier alpha value is -4.26. The third kappa shape index (κ3) is 5.85. The summed E-state index contributed by atoms with van der Waals surface area (Å²) in [4.78, 5) is 50.8. The first kappa shape index (κ1) is 31.7. The van der Waals surface area contributed by atoms with Gasteiger partial charge in [0.1, 0.15) is 10.8 Å². The molecule has 0 spiro atoms. The number of carbonyl (C=O) groups excluding carboxylic acids is 4. The summed E-state index contributed by atoms with van der Waals surface area (Å²) in [5.41, 5.74) is 9.15. The first-order valence-corrected chi connectivity index (χ1v) is 15.3. The highest BCUT2D eigenvalue weighted by Crippen LogP contribution is 2.42. The molecule has 1 aliphatic rings. The lowest BCUT2D eigenvalue weighted by atomic mass is 9.82. The number of rotatable bonds is 9. The van der Waals surface area contributed by atoms with Crippen molar-refractivity contribution in [3.05, 3.63) is 80.4 Å². The molecule has 3 aromatic carbocycles. The lowest BCUT2D eigenvalue weighted by Gasteiger charge is -2.27. The van der Waals surface area contributed by atoms with Crippen LogP contribution in [-0.2, 0) is 32.8 Å². The fourth-order valence-electron chi connectivity index (χ4n) is 5.33. The lowest BCUT2D eigenvalue weighted by Crippen LogP contribution is -2.27. The van der Waals surface area contributed by atoms with Gasteiger partial charge in [0, 0.05) is 36.3 Å². The smallest absolute Gasteiger partial charge is 0.296 e. The van der Waals surface area contributed by atoms with Crippen LogP contribution in [0.15, 0.2) is 35.2 Å². The number of alkyl halides is 1. The second-order valence-electron chi connectivity index (χ2n) is 10.1. The van der Waals surface area contributed by atoms with Gasteiger partial charge in [-0.15, -0.1) is 11.6 Å². The second-order valence-corrected chi connectivity index (χ2v) is 11.8. The van der Waals surface area contributed by atoms with Gasteiger partial charge in [-0.2, -0.15) is 8.42 Å². The molecule has 1 aliphatic carbocycles. The molecule has 0 aromatic heterocycles. The maximum absolute atomic E-state index is 13.8. The number of fused-ring (bicyclic) bond motifs is 2. The molecule has 2 amide bonds. The van der Waals surface area contributed by atoms with E-state index in [0.717, 1.165) is 17.2 Å². The highest BCUT2D eigenvalue weighted by Gasteiger charge is 2.36. The largest absolute Gasteiger partial charge is 0.397 e. The van der Waals surface area contributed by atoms with Crippen LogP contribution in [0.1, 0.15) is 73.0 Å². The molecule has 0 unspecified atom stereocenters. The summed E-state index contributed by atoms with van der Waals surface area (Å²) in [6.07, 6.45) is 0.265. The number of hydrogen-bond donors (Lipinski definition) is 5. The first-order chi connectivity index (χ1) is 20.2. The Morgan fingerprint density at radius 1 is 0.884 bits per heavy atom. The van der Waals surface area contributed by atoms with Gasteiger partial charge in [0.15, 0.2) is 11.6 Å². The van der Waals surface area contributed by atoms with E-state index in [-0.39, 0.29) is 59.2 Å². The molecule has 11 nitrogen and oxygen atoms in total. The standard InChI is InChI=1S/C30H31ClN4O7S/c1-5-23(36)33-12-19-14(2)20(13-34-24(37)11-31)16(4)28(15(19)3)35-21-10-22(43(40,41)42)27(32)26-25(21)29(38)17-8-6-7-9-18(17)30(26)39/h6-10,35H,5,11-13,32H2,1-4H3,(H,33,36)(H,34,37)(H,40,41,42). The van der Waals surface area contributed by atoms with Crippen molar-refractivity contribution in [3.63, 3.8) is 0 Å². The summed E-state index contributed by atoms with van der Waals surface area (Å²) in [6.45, 7) is 7.36. The third-order valence-electron chi connectivity index (χ3n) is 7.67. The minimum atomic E-state index is -4.92. The molecule has 4 rings (SSSR count). The normalized spacial score (nSPS) is 12.4. The van der Waals surface area contributed by atoms with E-state index in [1.807, 2.05) is 6.92 Å². The number of halogens is 1. The first-order valence-electron chi connectivity index (χ1n) is 13.3. The van der Waals surface area contributed by atoms with Crippen molar-refractivity contribution in [2.24, 2.45) is 0 Å². The molecular weight excluding hydrogens is 596 g/mol. The molecule has 0 radical (unpaired) electrons. The second kappa shape index (κ2) is 12.2. The minimum Gasteiger partial charge on any atom is -0.397 e. The summed E-state index contributed by atoms with van der Waals surface area (Å²) in [7, 11) is -4.92. The molecule has 3 aromatic rings. The van der Waals surface area contributed by atoms with Gasteiger partial charge in [0.25, 0.3) is 10.1 Å². The summed E-state index contributed by atoms with van der Waals surface area (Å²) < 4.78 is 34.8. The molecule has 0 atom stereocenters. The van der Waals surface area contributed by atoms with Gasteiger partial charge < -0.3 is 21.7 Å². The van der Waals surface area contributed by atoms with Crippen LogP contribution in [0.2, 0.25) is 0 Å². The monoisotopic (exact) mass is 626 g/mol. The van der Waals surface area contributed by atoms with Crippen LogP contribution in [-0.4, -0.2) is 42.2 Å². The van der Waals surface area contributed by atoms with Gasteiger partial charge in [-0.25, -0.2) is 0 Å². The van der Waals surface area contributed by atoms with Crippen LogP contribution in [0.3, 0.4) is 0 Å². The number of carbonyl (C=O) groups is 4. The summed E-state index contributed by atoms with van der Waals surface area (Å²) in [5, 5.41) is 8.74. The average molecular weight is 627 g/mol. The van der Waals surface area contributed by atoms with Crippen molar-refractivity contribution in [3.8, 4) is 0 Å². The number of nitrogens with one attached hydrogen (secondary N) is 3. The van der Waals surface area contributed by atoms with Crippen molar-refractivity contribution >= 4 is 62.2 Å². The Balaban J connectivity index is 1.99. The van der Waals surface area contributed by atoms with Gasteiger partial charge in [-0.05, 0) is 54.7 Å². The summed E-state index contributed by atoms with van der Waals surface area (Å²) in [6, 6.07) is 7.13. The fraction of sp³-hybridized carbons (Fsp3) is 0.267. The number of anilines is 3.